The normalized spacial score (nSPS) is 10.3. The van der Waals surface area contributed by atoms with Crippen molar-refractivity contribution in [1.29, 1.82) is 0 Å². The van der Waals surface area contributed by atoms with Gasteiger partial charge in [0.2, 0.25) is 11.1 Å². The molecule has 2 aromatic heterocycles. The molecule has 0 aromatic carbocycles. The Morgan fingerprint density at radius 2 is 1.91 bits per heavy atom. The molecule has 0 saturated heterocycles. The molecule has 11 nitrogen and oxygen atoms in total. The van der Waals surface area contributed by atoms with E-state index in [9.17, 15) is 4.79 Å². The van der Waals surface area contributed by atoms with Crippen molar-refractivity contribution in [1.82, 2.24) is 40.5 Å². The first-order valence-corrected chi connectivity index (χ1v) is 7.05. The minimum atomic E-state index is -0.202. The van der Waals surface area contributed by atoms with Crippen molar-refractivity contribution in [2.24, 2.45) is 7.05 Å². The third kappa shape index (κ3) is 4.25. The summed E-state index contributed by atoms with van der Waals surface area (Å²) in [6, 6.07) is 0.242. The van der Waals surface area contributed by atoms with Gasteiger partial charge in [-0.25, -0.2) is 4.68 Å². The highest BCUT2D eigenvalue weighted by Crippen LogP contribution is 2.12. The van der Waals surface area contributed by atoms with Crippen LogP contribution in [0.2, 0.25) is 0 Å². The monoisotopic (exact) mass is 326 g/mol. The van der Waals surface area contributed by atoms with Crippen LogP contribution >= 0.6 is 11.8 Å². The van der Waals surface area contributed by atoms with Gasteiger partial charge in [-0.2, -0.15) is 9.97 Å². The summed E-state index contributed by atoms with van der Waals surface area (Å²) in [6.45, 7) is 0.131. The molecule has 2 heterocycles. The molecule has 1 amide bonds. The van der Waals surface area contributed by atoms with Gasteiger partial charge >= 0.3 is 12.0 Å². The molecule has 1 N–H and O–H groups in total. The predicted molar refractivity (Wildman–Crippen MR) is 74.3 cm³/mol. The molecule has 0 aliphatic carbocycles. The highest BCUT2D eigenvalue weighted by Gasteiger charge is 2.10. The maximum atomic E-state index is 11.8. The van der Waals surface area contributed by atoms with E-state index < -0.39 is 0 Å². The van der Waals surface area contributed by atoms with E-state index in [2.05, 4.69) is 35.8 Å². The van der Waals surface area contributed by atoms with Crippen LogP contribution in [-0.2, 0) is 18.4 Å². The number of carbonyl (C=O) groups is 1. The van der Waals surface area contributed by atoms with E-state index in [-0.39, 0.29) is 30.2 Å². The average molecular weight is 326 g/mol. The number of hydrogen-bond acceptors (Lipinski definition) is 10. The summed E-state index contributed by atoms with van der Waals surface area (Å²) in [5.41, 5.74) is 0. The van der Waals surface area contributed by atoms with Crippen LogP contribution < -0.4 is 14.8 Å². The molecule has 0 radical (unpaired) electrons. The van der Waals surface area contributed by atoms with E-state index in [0.29, 0.717) is 11.0 Å². The predicted octanol–water partition coefficient (Wildman–Crippen LogP) is -1.18. The molecule has 0 bridgehead atoms. The second kappa shape index (κ2) is 7.49. The molecule has 12 heteroatoms. The summed E-state index contributed by atoms with van der Waals surface area (Å²) in [5, 5.41) is 14.2. The van der Waals surface area contributed by atoms with Crippen LogP contribution in [0.5, 0.6) is 12.0 Å². The highest BCUT2D eigenvalue weighted by atomic mass is 32.2. The van der Waals surface area contributed by atoms with Gasteiger partial charge in [-0.15, -0.1) is 10.1 Å². The third-order valence-corrected chi connectivity index (χ3v) is 3.37. The first-order valence-electron chi connectivity index (χ1n) is 6.07. The number of methoxy groups -OCH3 is 2. The van der Waals surface area contributed by atoms with E-state index in [1.807, 2.05) is 0 Å². The summed E-state index contributed by atoms with van der Waals surface area (Å²) in [7, 11) is 4.56. The van der Waals surface area contributed by atoms with Crippen LogP contribution in [0.25, 0.3) is 0 Å². The van der Waals surface area contributed by atoms with Gasteiger partial charge in [0.15, 0.2) is 5.82 Å². The van der Waals surface area contributed by atoms with Crippen molar-refractivity contribution in [3.05, 3.63) is 5.82 Å². The van der Waals surface area contributed by atoms with Crippen molar-refractivity contribution in [3.63, 3.8) is 0 Å². The number of rotatable bonds is 7. The average Bonchev–Trinajstić information content (AvgIpc) is 2.95. The Balaban J connectivity index is 1.87. The molecule has 2 rings (SSSR count). The van der Waals surface area contributed by atoms with E-state index in [0.717, 1.165) is 0 Å². The lowest BCUT2D eigenvalue weighted by Crippen LogP contribution is -2.26. The Kier molecular flexibility index (Phi) is 5.41. The SMILES string of the molecule is COc1nc(CNC(=O)CSc2nnnn2C)nc(OC)n1. The number of aromatic nitrogens is 7. The minimum absolute atomic E-state index is 0.121. The summed E-state index contributed by atoms with van der Waals surface area (Å²) in [4.78, 5) is 23.7. The van der Waals surface area contributed by atoms with Gasteiger partial charge in [-0.3, -0.25) is 4.79 Å². The Morgan fingerprint density at radius 3 is 2.45 bits per heavy atom. The number of aryl methyl sites for hydroxylation is 1. The Labute approximate surface area is 129 Å². The third-order valence-electron chi connectivity index (χ3n) is 2.36. The second-order valence-corrected chi connectivity index (χ2v) is 4.82. The van der Waals surface area contributed by atoms with Gasteiger partial charge in [-0.1, -0.05) is 11.8 Å². The maximum absolute atomic E-state index is 11.8. The fraction of sp³-hybridized carbons (Fsp3) is 0.500. The molecule has 0 spiro atoms. The molecule has 22 heavy (non-hydrogen) atoms. The van der Waals surface area contributed by atoms with Crippen molar-refractivity contribution in [3.8, 4) is 12.0 Å². The first kappa shape index (κ1) is 15.9. The van der Waals surface area contributed by atoms with Gasteiger partial charge in [0, 0.05) is 7.05 Å². The van der Waals surface area contributed by atoms with Crippen molar-refractivity contribution >= 4 is 17.7 Å². The largest absolute Gasteiger partial charge is 0.467 e. The highest BCUT2D eigenvalue weighted by molar-refractivity contribution is 7.99. The number of carbonyl (C=O) groups excluding carboxylic acids is 1. The molecule has 0 fully saturated rings. The summed E-state index contributed by atoms with van der Waals surface area (Å²) >= 11 is 1.22. The standard InChI is InChI=1S/C10H14N8O3S/c1-18-10(15-16-17-18)22-5-7(19)11-4-6-12-8(20-2)14-9(13-6)21-3/h4-5H2,1-3H3,(H,11,19). The zero-order valence-electron chi connectivity index (χ0n) is 12.2. The number of amides is 1. The molecular formula is C10H14N8O3S. The number of hydrogen-bond donors (Lipinski definition) is 1. The van der Waals surface area contributed by atoms with Gasteiger partial charge in [0.05, 0.1) is 26.5 Å². The number of ether oxygens (including phenoxy) is 2. The Bertz CT molecular complexity index is 627. The Hall–Kier alpha value is -2.50. The van der Waals surface area contributed by atoms with Crippen LogP contribution in [0.15, 0.2) is 5.16 Å². The van der Waals surface area contributed by atoms with Gasteiger partial charge < -0.3 is 14.8 Å². The molecule has 0 aliphatic rings. The van der Waals surface area contributed by atoms with Crippen LogP contribution in [0.3, 0.4) is 0 Å². The molecule has 2 aromatic rings. The molecule has 0 aliphatic heterocycles. The number of nitrogens with one attached hydrogen (secondary N) is 1. The van der Waals surface area contributed by atoms with E-state index >= 15 is 0 Å². The van der Waals surface area contributed by atoms with Crippen molar-refractivity contribution in [2.75, 3.05) is 20.0 Å². The zero-order valence-corrected chi connectivity index (χ0v) is 13.0. The first-order chi connectivity index (χ1) is 10.6. The van der Waals surface area contributed by atoms with Crippen molar-refractivity contribution in [2.45, 2.75) is 11.7 Å². The van der Waals surface area contributed by atoms with E-state index in [4.69, 9.17) is 9.47 Å². The van der Waals surface area contributed by atoms with Crippen LogP contribution in [0.1, 0.15) is 5.82 Å². The minimum Gasteiger partial charge on any atom is -0.467 e. The van der Waals surface area contributed by atoms with Gasteiger partial charge in [0.1, 0.15) is 0 Å². The van der Waals surface area contributed by atoms with E-state index in [1.54, 1.807) is 7.05 Å². The fourth-order valence-electron chi connectivity index (χ4n) is 1.34. The zero-order chi connectivity index (χ0) is 15.9. The van der Waals surface area contributed by atoms with Crippen LogP contribution in [-0.4, -0.2) is 61.0 Å². The summed E-state index contributed by atoms with van der Waals surface area (Å²) in [6.07, 6.45) is 0. The van der Waals surface area contributed by atoms with Gasteiger partial charge in [0.25, 0.3) is 0 Å². The maximum Gasteiger partial charge on any atom is 0.322 e. The molecule has 0 saturated carbocycles. The lowest BCUT2D eigenvalue weighted by molar-refractivity contribution is -0.118. The van der Waals surface area contributed by atoms with Crippen molar-refractivity contribution < 1.29 is 14.3 Å². The molecular weight excluding hydrogens is 312 g/mol. The molecule has 0 atom stereocenters. The number of thioether (sulfide) groups is 1. The van der Waals surface area contributed by atoms with Crippen LogP contribution in [0.4, 0.5) is 0 Å². The Morgan fingerprint density at radius 1 is 1.23 bits per heavy atom. The lowest BCUT2D eigenvalue weighted by atomic mass is 10.5. The van der Waals surface area contributed by atoms with E-state index in [1.165, 1.54) is 30.7 Å². The summed E-state index contributed by atoms with van der Waals surface area (Å²) in [5.74, 6) is 0.307. The molecule has 118 valence electrons. The quantitative estimate of drug-likeness (QED) is 0.620. The topological polar surface area (TPSA) is 130 Å². The fourth-order valence-corrected chi connectivity index (χ4v) is 2.02. The smallest absolute Gasteiger partial charge is 0.322 e. The summed E-state index contributed by atoms with van der Waals surface area (Å²) < 4.78 is 11.3. The molecule has 0 unspecified atom stereocenters. The number of nitrogens with zero attached hydrogens (tertiary/aromatic N) is 7. The number of tetrazole rings is 1. The van der Waals surface area contributed by atoms with Gasteiger partial charge in [-0.05, 0) is 10.4 Å². The lowest BCUT2D eigenvalue weighted by Gasteiger charge is -2.06. The second-order valence-electron chi connectivity index (χ2n) is 3.88. The van der Waals surface area contributed by atoms with Crippen LogP contribution in [0, 0.1) is 0 Å².